The molecule has 0 radical (unpaired) electrons. The Labute approximate surface area is 203 Å². The van der Waals surface area contributed by atoms with Crippen molar-refractivity contribution in [2.45, 2.75) is 52.2 Å². The highest BCUT2D eigenvalue weighted by molar-refractivity contribution is 6.31. The van der Waals surface area contributed by atoms with Crippen molar-refractivity contribution in [3.8, 4) is 11.4 Å². The summed E-state index contributed by atoms with van der Waals surface area (Å²) in [7, 11) is 0. The molecule has 188 valence electrons. The minimum atomic E-state index is -4.63. The molecule has 7 nitrogen and oxygen atoms in total. The summed E-state index contributed by atoms with van der Waals surface area (Å²) in [5, 5.41) is 13.9. The number of halogens is 5. The third kappa shape index (κ3) is 4.74. The molecule has 0 saturated carbocycles. The van der Waals surface area contributed by atoms with Gasteiger partial charge in [-0.05, 0) is 44.0 Å². The van der Waals surface area contributed by atoms with Crippen LogP contribution in [0.15, 0.2) is 35.1 Å². The fourth-order valence-electron chi connectivity index (χ4n) is 4.11. The van der Waals surface area contributed by atoms with Crippen LogP contribution < -0.4 is 15.3 Å². The van der Waals surface area contributed by atoms with E-state index >= 15 is 0 Å². The van der Waals surface area contributed by atoms with Crippen molar-refractivity contribution < 1.29 is 27.4 Å². The molecular formula is C23H23ClF4N4O3. The Kier molecular flexibility index (Phi) is 6.83. The lowest BCUT2D eigenvalue weighted by Crippen LogP contribution is -2.32. The van der Waals surface area contributed by atoms with E-state index in [2.05, 4.69) is 5.10 Å². The number of aromatic nitrogens is 3. The van der Waals surface area contributed by atoms with Gasteiger partial charge >= 0.3 is 11.9 Å². The average molecular weight is 515 g/mol. The number of anilines is 1. The van der Waals surface area contributed by atoms with Gasteiger partial charge in [0.05, 0.1) is 11.4 Å². The summed E-state index contributed by atoms with van der Waals surface area (Å²) >= 11 is 6.17. The van der Waals surface area contributed by atoms with E-state index in [0.29, 0.717) is 24.2 Å². The minimum absolute atomic E-state index is 0.0215. The number of hydrogen-bond acceptors (Lipinski definition) is 5. The number of alkyl halides is 3. The number of benzene rings is 2. The zero-order valence-electron chi connectivity index (χ0n) is 18.9. The third-order valence-electron chi connectivity index (χ3n) is 5.92. The smallest absolute Gasteiger partial charge is 0.425 e. The molecule has 2 aromatic carbocycles. The van der Waals surface area contributed by atoms with Crippen LogP contribution in [0.4, 0.5) is 23.2 Å². The van der Waals surface area contributed by atoms with Gasteiger partial charge in [-0.3, -0.25) is 4.57 Å². The molecule has 0 amide bonds. The molecule has 1 aliphatic rings. The number of fused-ring (bicyclic) bond motifs is 1. The molecule has 1 N–H and O–H groups in total. The van der Waals surface area contributed by atoms with Crippen molar-refractivity contribution in [3.05, 3.63) is 68.6 Å². The Morgan fingerprint density at radius 1 is 1.29 bits per heavy atom. The van der Waals surface area contributed by atoms with Crippen molar-refractivity contribution in [3.63, 3.8) is 0 Å². The number of aliphatic hydroxyl groups excluding tert-OH is 1. The molecule has 1 aliphatic heterocycles. The molecule has 1 aromatic heterocycles. The van der Waals surface area contributed by atoms with Crippen molar-refractivity contribution in [1.82, 2.24) is 14.3 Å². The molecule has 0 fully saturated rings. The molecule has 4 rings (SSSR count). The first-order chi connectivity index (χ1) is 16.5. The Hall–Kier alpha value is -3.05. The fraction of sp³-hybridized carbons (Fsp3) is 0.391. The van der Waals surface area contributed by atoms with E-state index in [4.69, 9.17) is 16.3 Å². The van der Waals surface area contributed by atoms with Crippen LogP contribution in [-0.2, 0) is 26.1 Å². The van der Waals surface area contributed by atoms with Gasteiger partial charge in [-0.15, -0.1) is 5.10 Å². The van der Waals surface area contributed by atoms with E-state index in [1.807, 2.05) is 0 Å². The molecular weight excluding hydrogens is 492 g/mol. The maximum atomic E-state index is 14.4. The van der Waals surface area contributed by atoms with E-state index in [9.17, 15) is 27.5 Å². The second-order valence-corrected chi connectivity index (χ2v) is 8.55. The first-order valence-electron chi connectivity index (χ1n) is 10.9. The van der Waals surface area contributed by atoms with E-state index in [0.717, 1.165) is 11.6 Å². The van der Waals surface area contributed by atoms with Crippen LogP contribution in [0, 0.1) is 5.82 Å². The van der Waals surface area contributed by atoms with Crippen LogP contribution in [0.25, 0.3) is 5.69 Å². The molecule has 0 saturated heterocycles. The Bertz CT molecular complexity index is 1280. The van der Waals surface area contributed by atoms with E-state index < -0.39 is 30.4 Å². The number of nitrogens with zero attached hydrogens (tertiary/aromatic N) is 4. The largest absolute Gasteiger partial charge is 0.479 e. The lowest BCUT2D eigenvalue weighted by atomic mass is 10.1. The van der Waals surface area contributed by atoms with Gasteiger partial charge in [0, 0.05) is 36.3 Å². The normalized spacial score (nSPS) is 14.3. The highest BCUT2D eigenvalue weighted by atomic mass is 35.5. The van der Waals surface area contributed by atoms with Gasteiger partial charge < -0.3 is 14.7 Å². The summed E-state index contributed by atoms with van der Waals surface area (Å²) in [6, 6.07) is 7.22. The van der Waals surface area contributed by atoms with Gasteiger partial charge in [-0.25, -0.2) is 9.18 Å². The number of rotatable bonds is 7. The van der Waals surface area contributed by atoms with Crippen LogP contribution >= 0.6 is 11.6 Å². The van der Waals surface area contributed by atoms with Crippen LogP contribution in [0.5, 0.6) is 5.75 Å². The SMILES string of the molecule is CCn1c(CO)nn(-c2cc3c(c(O[C@@H](C)C(F)(F)F)c2)N(Cc2c(F)cccc2Cl)CC3)c1=O. The van der Waals surface area contributed by atoms with Gasteiger partial charge in [-0.2, -0.15) is 17.9 Å². The summed E-state index contributed by atoms with van der Waals surface area (Å²) < 4.78 is 62.2. The number of aliphatic hydroxyl groups is 1. The number of ether oxygens (including phenoxy) is 1. The number of hydrogen-bond donors (Lipinski definition) is 1. The molecule has 0 bridgehead atoms. The predicted octanol–water partition coefficient (Wildman–Crippen LogP) is 4.23. The van der Waals surface area contributed by atoms with Gasteiger partial charge in [-0.1, -0.05) is 17.7 Å². The second kappa shape index (κ2) is 9.54. The second-order valence-electron chi connectivity index (χ2n) is 8.14. The van der Waals surface area contributed by atoms with E-state index in [1.54, 1.807) is 24.0 Å². The van der Waals surface area contributed by atoms with Crippen molar-refractivity contribution >= 4 is 17.3 Å². The van der Waals surface area contributed by atoms with Crippen LogP contribution in [-0.4, -0.2) is 38.3 Å². The first-order valence-corrected chi connectivity index (χ1v) is 11.3. The summed E-state index contributed by atoms with van der Waals surface area (Å²) in [5.41, 5.74) is 0.855. The third-order valence-corrected chi connectivity index (χ3v) is 6.28. The molecule has 0 unspecified atom stereocenters. The van der Waals surface area contributed by atoms with Gasteiger partial charge in [0.25, 0.3) is 0 Å². The molecule has 1 atom stereocenters. The fourth-order valence-corrected chi connectivity index (χ4v) is 4.33. The zero-order chi connectivity index (χ0) is 25.5. The van der Waals surface area contributed by atoms with Crippen LogP contribution in [0.2, 0.25) is 5.02 Å². The lowest BCUT2D eigenvalue weighted by Gasteiger charge is -2.26. The zero-order valence-corrected chi connectivity index (χ0v) is 19.7. The lowest BCUT2D eigenvalue weighted by molar-refractivity contribution is -0.189. The highest BCUT2D eigenvalue weighted by Gasteiger charge is 2.39. The molecule has 12 heteroatoms. The Morgan fingerprint density at radius 2 is 2.03 bits per heavy atom. The average Bonchev–Trinajstić information content (AvgIpc) is 3.35. The molecule has 3 aromatic rings. The van der Waals surface area contributed by atoms with Crippen LogP contribution in [0.1, 0.15) is 30.8 Å². The summed E-state index contributed by atoms with van der Waals surface area (Å²) in [5.74, 6) is -0.516. The Balaban J connectivity index is 1.83. The molecule has 35 heavy (non-hydrogen) atoms. The van der Waals surface area contributed by atoms with Gasteiger partial charge in [0.15, 0.2) is 11.9 Å². The maximum absolute atomic E-state index is 14.4. The topological polar surface area (TPSA) is 72.5 Å². The summed E-state index contributed by atoms with van der Waals surface area (Å²) in [4.78, 5) is 14.5. The van der Waals surface area contributed by atoms with Gasteiger partial charge in [0.2, 0.25) is 0 Å². The molecule has 0 aliphatic carbocycles. The van der Waals surface area contributed by atoms with E-state index in [-0.39, 0.29) is 40.9 Å². The standard InChI is InChI=1S/C23H23ClF4N4O3/c1-3-31-20(12-33)29-32(22(31)34)15-9-14-7-8-30(11-16-17(24)5-4-6-18(16)25)21(14)19(10-15)35-13(2)23(26,27)28/h4-6,9-10,13,33H,3,7-8,11-12H2,1-2H3/t13-/m0/s1. The molecule has 0 spiro atoms. The maximum Gasteiger partial charge on any atom is 0.425 e. The minimum Gasteiger partial charge on any atom is -0.479 e. The van der Waals surface area contributed by atoms with Crippen LogP contribution in [0.3, 0.4) is 0 Å². The summed E-state index contributed by atoms with van der Waals surface area (Å²) in [6.07, 6.45) is -6.35. The van der Waals surface area contributed by atoms with Crippen molar-refractivity contribution in [1.29, 1.82) is 0 Å². The van der Waals surface area contributed by atoms with E-state index in [1.165, 1.54) is 22.8 Å². The molecule has 2 heterocycles. The predicted molar refractivity (Wildman–Crippen MR) is 122 cm³/mol. The quantitative estimate of drug-likeness (QED) is 0.478. The Morgan fingerprint density at radius 3 is 2.63 bits per heavy atom. The first kappa shape index (κ1) is 25.1. The highest BCUT2D eigenvalue weighted by Crippen LogP contribution is 2.42. The van der Waals surface area contributed by atoms with Gasteiger partial charge in [0.1, 0.15) is 18.2 Å². The van der Waals surface area contributed by atoms with Crippen molar-refractivity contribution in [2.75, 3.05) is 11.4 Å². The van der Waals surface area contributed by atoms with Crippen molar-refractivity contribution in [2.24, 2.45) is 0 Å². The summed E-state index contributed by atoms with van der Waals surface area (Å²) in [6.45, 7) is 2.76. The monoisotopic (exact) mass is 514 g/mol.